The number of nitrogens with one attached hydrogen (secondary N) is 1. The lowest BCUT2D eigenvalue weighted by Crippen LogP contribution is -2.52. The van der Waals surface area contributed by atoms with Crippen molar-refractivity contribution in [2.45, 2.75) is 39.2 Å². The van der Waals surface area contributed by atoms with Crippen molar-refractivity contribution in [1.29, 1.82) is 0 Å². The number of thiocarbonyl (C=S) groups is 1. The average molecular weight is 418 g/mol. The van der Waals surface area contributed by atoms with E-state index >= 15 is 0 Å². The Morgan fingerprint density at radius 2 is 2.04 bits per heavy atom. The third-order valence-electron chi connectivity index (χ3n) is 5.54. The first-order valence-electron chi connectivity index (χ1n) is 10.1. The number of allylic oxidation sites excluding steroid dienone is 1. The number of anilines is 1. The molecule has 1 aliphatic carbocycles. The topological polar surface area (TPSA) is 53.4 Å². The number of piperazine rings is 1. The van der Waals surface area contributed by atoms with Crippen LogP contribution in [0.2, 0.25) is 0 Å². The van der Waals surface area contributed by atoms with Gasteiger partial charge in [-0.3, -0.25) is 9.36 Å². The Kier molecular flexibility index (Phi) is 5.68. The van der Waals surface area contributed by atoms with E-state index in [1.165, 1.54) is 16.9 Å². The van der Waals surface area contributed by atoms with E-state index in [1.54, 1.807) is 22.0 Å². The van der Waals surface area contributed by atoms with Gasteiger partial charge >= 0.3 is 0 Å². The van der Waals surface area contributed by atoms with Crippen LogP contribution in [0.4, 0.5) is 5.95 Å². The fourth-order valence-electron chi connectivity index (χ4n) is 4.14. The maximum Gasteiger partial charge on any atom is 0.264 e. The Bertz CT molecular complexity index is 956. The number of thiophene rings is 1. The van der Waals surface area contributed by atoms with E-state index in [0.717, 1.165) is 73.3 Å². The van der Waals surface area contributed by atoms with Gasteiger partial charge in [0.2, 0.25) is 5.95 Å². The molecule has 2 aliphatic rings. The summed E-state index contributed by atoms with van der Waals surface area (Å²) in [5.41, 5.74) is 1.33. The molecule has 1 saturated heterocycles. The van der Waals surface area contributed by atoms with Crippen LogP contribution in [0.1, 0.15) is 30.2 Å². The molecule has 0 aromatic carbocycles. The second-order valence-corrected chi connectivity index (χ2v) is 8.79. The van der Waals surface area contributed by atoms with Gasteiger partial charge in [0.25, 0.3) is 5.56 Å². The smallest absolute Gasteiger partial charge is 0.264 e. The molecule has 0 bridgehead atoms. The van der Waals surface area contributed by atoms with Crippen molar-refractivity contribution >= 4 is 44.8 Å². The minimum absolute atomic E-state index is 0.0879. The van der Waals surface area contributed by atoms with Crippen molar-refractivity contribution in [1.82, 2.24) is 19.8 Å². The van der Waals surface area contributed by atoms with Gasteiger partial charge in [-0.1, -0.05) is 6.08 Å². The lowest BCUT2D eigenvalue weighted by Gasteiger charge is -2.37. The third-order valence-corrected chi connectivity index (χ3v) is 7.13. The molecule has 3 heterocycles. The van der Waals surface area contributed by atoms with Gasteiger partial charge < -0.3 is 15.1 Å². The Morgan fingerprint density at radius 1 is 1.29 bits per heavy atom. The van der Waals surface area contributed by atoms with Gasteiger partial charge in [-0.2, -0.15) is 0 Å². The van der Waals surface area contributed by atoms with Crippen molar-refractivity contribution < 1.29 is 0 Å². The second kappa shape index (κ2) is 8.21. The van der Waals surface area contributed by atoms with Crippen molar-refractivity contribution in [2.24, 2.45) is 0 Å². The molecule has 8 heteroatoms. The standard InChI is InChI=1S/C20H27N5OS2/c1-3-9-25-18(26)16-14-7-5-6-8-15(14)28-17(16)22-19(25)23-10-12-24(13-11-23)20(27)21-4-2/h3H,1,4-13H2,2H3,(H,21,27). The Balaban J connectivity index is 1.69. The highest BCUT2D eigenvalue weighted by Gasteiger charge is 2.26. The largest absolute Gasteiger partial charge is 0.363 e. The van der Waals surface area contributed by atoms with Crippen LogP contribution >= 0.6 is 23.6 Å². The number of aromatic nitrogens is 2. The molecule has 1 aliphatic heterocycles. The number of fused-ring (bicyclic) bond motifs is 3. The van der Waals surface area contributed by atoms with Crippen molar-refractivity contribution in [3.8, 4) is 0 Å². The van der Waals surface area contributed by atoms with Crippen molar-refractivity contribution in [3.05, 3.63) is 33.4 Å². The van der Waals surface area contributed by atoms with Gasteiger partial charge in [0.05, 0.1) is 5.39 Å². The normalized spacial score (nSPS) is 16.9. The highest BCUT2D eigenvalue weighted by atomic mass is 32.1. The minimum Gasteiger partial charge on any atom is -0.363 e. The summed E-state index contributed by atoms with van der Waals surface area (Å²) in [4.78, 5) is 25.0. The van der Waals surface area contributed by atoms with Crippen LogP contribution in [0, 0.1) is 0 Å². The van der Waals surface area contributed by atoms with Crippen LogP contribution in [-0.2, 0) is 19.4 Å². The fourth-order valence-corrected chi connectivity index (χ4v) is 5.71. The molecule has 1 N–H and O–H groups in total. The van der Waals surface area contributed by atoms with Crippen molar-refractivity contribution in [2.75, 3.05) is 37.6 Å². The lowest BCUT2D eigenvalue weighted by molar-refractivity contribution is 0.376. The summed E-state index contributed by atoms with van der Waals surface area (Å²) in [5, 5.41) is 4.87. The van der Waals surface area contributed by atoms with E-state index in [2.05, 4.69) is 28.6 Å². The first-order valence-corrected chi connectivity index (χ1v) is 11.3. The summed E-state index contributed by atoms with van der Waals surface area (Å²) in [6, 6.07) is 0. The predicted octanol–water partition coefficient (Wildman–Crippen LogP) is 2.54. The molecule has 0 amide bonds. The molecule has 28 heavy (non-hydrogen) atoms. The van der Waals surface area contributed by atoms with Crippen LogP contribution < -0.4 is 15.8 Å². The highest BCUT2D eigenvalue weighted by molar-refractivity contribution is 7.80. The zero-order chi connectivity index (χ0) is 19.7. The quantitative estimate of drug-likeness (QED) is 0.610. The third kappa shape index (κ3) is 3.43. The second-order valence-electron chi connectivity index (χ2n) is 7.32. The summed E-state index contributed by atoms with van der Waals surface area (Å²) in [6.07, 6.45) is 6.23. The van der Waals surface area contributed by atoms with Crippen LogP contribution in [0.5, 0.6) is 0 Å². The maximum atomic E-state index is 13.4. The van der Waals surface area contributed by atoms with Crippen molar-refractivity contribution in [3.63, 3.8) is 0 Å². The molecule has 0 unspecified atom stereocenters. The van der Waals surface area contributed by atoms with E-state index in [9.17, 15) is 4.79 Å². The number of rotatable bonds is 4. The Hall–Kier alpha value is -1.93. The Labute approximate surface area is 174 Å². The Morgan fingerprint density at radius 3 is 2.75 bits per heavy atom. The summed E-state index contributed by atoms with van der Waals surface area (Å²) in [5.74, 6) is 0.769. The summed E-state index contributed by atoms with van der Waals surface area (Å²) in [6.45, 7) is 10.5. The summed E-state index contributed by atoms with van der Waals surface area (Å²) in [7, 11) is 0. The molecule has 6 nitrogen and oxygen atoms in total. The number of nitrogens with zero attached hydrogens (tertiary/aromatic N) is 4. The van der Waals surface area contributed by atoms with E-state index in [4.69, 9.17) is 17.2 Å². The molecule has 0 radical (unpaired) electrons. The molecule has 2 aromatic heterocycles. The molecule has 150 valence electrons. The van der Waals surface area contributed by atoms with Gasteiger partial charge in [-0.05, 0) is 50.4 Å². The SMILES string of the molecule is C=CCn1c(N2CCN(C(=S)NCC)CC2)nc2sc3c(c2c1=O)CCCC3. The fraction of sp³-hybridized carbons (Fsp3) is 0.550. The monoisotopic (exact) mass is 417 g/mol. The predicted molar refractivity (Wildman–Crippen MR) is 121 cm³/mol. The van der Waals surface area contributed by atoms with Crippen LogP contribution in [0.15, 0.2) is 17.4 Å². The zero-order valence-electron chi connectivity index (χ0n) is 16.4. The zero-order valence-corrected chi connectivity index (χ0v) is 18.0. The van der Waals surface area contributed by atoms with Gasteiger partial charge in [0.1, 0.15) is 4.83 Å². The van der Waals surface area contributed by atoms with Gasteiger partial charge in [-0.15, -0.1) is 17.9 Å². The lowest BCUT2D eigenvalue weighted by atomic mass is 9.97. The van der Waals surface area contributed by atoms with Crippen LogP contribution in [-0.4, -0.2) is 52.3 Å². The highest BCUT2D eigenvalue weighted by Crippen LogP contribution is 2.34. The van der Waals surface area contributed by atoms with E-state index in [1.807, 2.05) is 0 Å². The first kappa shape index (κ1) is 19.4. The number of hydrogen-bond donors (Lipinski definition) is 1. The summed E-state index contributed by atoms with van der Waals surface area (Å²) < 4.78 is 1.80. The van der Waals surface area contributed by atoms with E-state index in [0.29, 0.717) is 6.54 Å². The van der Waals surface area contributed by atoms with Gasteiger partial charge in [0, 0.05) is 44.1 Å². The molecule has 0 saturated carbocycles. The van der Waals surface area contributed by atoms with Gasteiger partial charge in [0.15, 0.2) is 5.11 Å². The van der Waals surface area contributed by atoms with E-state index in [-0.39, 0.29) is 5.56 Å². The first-order chi connectivity index (χ1) is 13.6. The minimum atomic E-state index is 0.0879. The molecular weight excluding hydrogens is 390 g/mol. The molecule has 0 atom stereocenters. The van der Waals surface area contributed by atoms with Gasteiger partial charge in [-0.25, -0.2) is 4.98 Å². The molecule has 1 fully saturated rings. The van der Waals surface area contributed by atoms with Crippen LogP contribution in [0.25, 0.3) is 10.2 Å². The average Bonchev–Trinajstić information content (AvgIpc) is 3.09. The number of aryl methyl sites for hydroxylation is 2. The molecule has 2 aromatic rings. The van der Waals surface area contributed by atoms with E-state index < -0.39 is 0 Å². The molecular formula is C20H27N5OS2. The summed E-state index contributed by atoms with van der Waals surface area (Å²) >= 11 is 7.16. The number of hydrogen-bond acceptors (Lipinski definition) is 5. The molecule has 0 spiro atoms. The maximum absolute atomic E-state index is 13.4. The van der Waals surface area contributed by atoms with Crippen LogP contribution in [0.3, 0.4) is 0 Å². The molecule has 4 rings (SSSR count).